The first-order chi connectivity index (χ1) is 22.3. The Labute approximate surface area is 264 Å². The Morgan fingerprint density at radius 1 is 0.267 bits per heavy atom. The molecule has 0 unspecified atom stereocenters. The van der Waals surface area contributed by atoms with Gasteiger partial charge in [-0.05, 0) is 76.8 Å². The highest BCUT2D eigenvalue weighted by Gasteiger charge is 2.16. The molecule has 1 heteroatoms. The Morgan fingerprint density at radius 2 is 0.711 bits per heavy atom. The van der Waals surface area contributed by atoms with Crippen LogP contribution in [-0.2, 0) is 0 Å². The van der Waals surface area contributed by atoms with Crippen LogP contribution < -0.4 is 0 Å². The van der Waals surface area contributed by atoms with Crippen LogP contribution in [0.25, 0.3) is 96.3 Å². The van der Waals surface area contributed by atoms with Gasteiger partial charge in [0.15, 0.2) is 0 Å². The lowest BCUT2D eigenvalue weighted by Crippen LogP contribution is -1.85. The summed E-state index contributed by atoms with van der Waals surface area (Å²) >= 11 is 1.93. The highest BCUT2D eigenvalue weighted by molar-refractivity contribution is 7.27. The Morgan fingerprint density at radius 3 is 1.36 bits per heavy atom. The molecule has 0 nitrogen and oxygen atoms in total. The van der Waals surface area contributed by atoms with E-state index in [9.17, 15) is 0 Å². The molecule has 10 aromatic rings. The number of hydrogen-bond donors (Lipinski definition) is 0. The molecule has 0 spiro atoms. The van der Waals surface area contributed by atoms with E-state index in [0.29, 0.717) is 0 Å². The van der Waals surface area contributed by atoms with Gasteiger partial charge in [-0.25, -0.2) is 0 Å². The molecule has 0 amide bonds. The fourth-order valence-corrected chi connectivity index (χ4v) is 8.97. The van der Waals surface area contributed by atoms with Crippen LogP contribution in [0, 0.1) is 0 Å². The van der Waals surface area contributed by atoms with Crippen LogP contribution in [0.15, 0.2) is 158 Å². The van der Waals surface area contributed by atoms with Crippen LogP contribution in [0.4, 0.5) is 0 Å². The Kier molecular flexibility index (Phi) is 5.25. The third kappa shape index (κ3) is 3.59. The number of benzene rings is 9. The molecule has 0 bridgehead atoms. The highest BCUT2D eigenvalue weighted by atomic mass is 32.1. The van der Waals surface area contributed by atoms with Gasteiger partial charge in [-0.2, -0.15) is 0 Å². The lowest BCUT2D eigenvalue weighted by molar-refractivity contribution is 1.63. The molecular weight excluding hydrogens is 561 g/mol. The predicted octanol–water partition coefficient (Wildman–Crippen LogP) is 13.2. The summed E-state index contributed by atoms with van der Waals surface area (Å²) < 4.78 is 2.73. The summed E-state index contributed by atoms with van der Waals surface area (Å²) in [4.78, 5) is 0. The van der Waals surface area contributed by atoms with Gasteiger partial charge in [0.05, 0.1) is 0 Å². The maximum atomic E-state index is 2.38. The van der Waals surface area contributed by atoms with Crippen molar-refractivity contribution < 1.29 is 0 Å². The van der Waals surface area contributed by atoms with Gasteiger partial charge in [0.1, 0.15) is 0 Å². The monoisotopic (exact) mass is 586 g/mol. The Hall–Kier alpha value is -5.50. The molecule has 0 saturated heterocycles. The van der Waals surface area contributed by atoms with Crippen LogP contribution in [-0.4, -0.2) is 0 Å². The molecule has 45 heavy (non-hydrogen) atoms. The number of rotatable bonds is 2. The van der Waals surface area contributed by atoms with Gasteiger partial charge in [0, 0.05) is 25.6 Å². The van der Waals surface area contributed by atoms with Gasteiger partial charge in [0.25, 0.3) is 0 Å². The van der Waals surface area contributed by atoms with Gasteiger partial charge in [-0.1, -0.05) is 152 Å². The van der Waals surface area contributed by atoms with Crippen molar-refractivity contribution in [1.29, 1.82) is 0 Å². The van der Waals surface area contributed by atoms with Crippen LogP contribution in [0.1, 0.15) is 0 Å². The zero-order valence-electron chi connectivity index (χ0n) is 24.4. The van der Waals surface area contributed by atoms with Gasteiger partial charge in [-0.3, -0.25) is 0 Å². The summed E-state index contributed by atoms with van der Waals surface area (Å²) in [5, 5.41) is 15.9. The molecule has 0 radical (unpaired) electrons. The van der Waals surface area contributed by atoms with Gasteiger partial charge in [-0.15, -0.1) is 11.3 Å². The molecule has 208 valence electrons. The van der Waals surface area contributed by atoms with Crippen molar-refractivity contribution >= 4 is 85.4 Å². The molecule has 0 aliphatic carbocycles. The van der Waals surface area contributed by atoms with Crippen molar-refractivity contribution in [3.05, 3.63) is 158 Å². The molecule has 0 aliphatic heterocycles. The molecule has 1 aromatic heterocycles. The molecular formula is C44H26S. The lowest BCUT2D eigenvalue weighted by atomic mass is 9.91. The predicted molar refractivity (Wildman–Crippen MR) is 198 cm³/mol. The van der Waals surface area contributed by atoms with Crippen molar-refractivity contribution in [2.45, 2.75) is 0 Å². The molecule has 0 atom stereocenters. The number of thiophene rings is 1. The van der Waals surface area contributed by atoms with E-state index in [1.165, 1.54) is 96.3 Å². The van der Waals surface area contributed by atoms with E-state index in [2.05, 4.69) is 158 Å². The molecule has 9 aromatic carbocycles. The topological polar surface area (TPSA) is 0 Å². The summed E-state index contributed by atoms with van der Waals surface area (Å²) in [6, 6.07) is 58.3. The minimum Gasteiger partial charge on any atom is -0.134 e. The van der Waals surface area contributed by atoms with E-state index >= 15 is 0 Å². The van der Waals surface area contributed by atoms with E-state index in [1.807, 2.05) is 11.3 Å². The number of fused-ring (bicyclic) bond motifs is 14. The van der Waals surface area contributed by atoms with E-state index in [0.717, 1.165) is 0 Å². The van der Waals surface area contributed by atoms with Crippen LogP contribution in [0.5, 0.6) is 0 Å². The quantitative estimate of drug-likeness (QED) is 0.177. The van der Waals surface area contributed by atoms with Crippen LogP contribution >= 0.6 is 11.3 Å². The third-order valence-electron chi connectivity index (χ3n) is 9.65. The highest BCUT2D eigenvalue weighted by Crippen LogP contribution is 2.47. The van der Waals surface area contributed by atoms with E-state index in [4.69, 9.17) is 0 Å². The molecule has 0 aliphatic rings. The SMILES string of the molecule is c1ccc2c(c1)c1ccccc1c1cc(-c3ccc(-c4cccc5c4sc4c6ccccc6c6ccccc6c54)cc3)ccc21. The molecule has 0 N–H and O–H groups in total. The smallest absolute Gasteiger partial charge is 0.0440 e. The first kappa shape index (κ1) is 24.9. The van der Waals surface area contributed by atoms with Gasteiger partial charge >= 0.3 is 0 Å². The average Bonchev–Trinajstić information content (AvgIpc) is 3.52. The second-order valence-corrected chi connectivity index (χ2v) is 13.0. The number of hydrogen-bond acceptors (Lipinski definition) is 1. The fraction of sp³-hybridized carbons (Fsp3) is 0. The van der Waals surface area contributed by atoms with Crippen molar-refractivity contribution in [3.8, 4) is 22.3 Å². The minimum atomic E-state index is 1.23. The van der Waals surface area contributed by atoms with Crippen LogP contribution in [0.3, 0.4) is 0 Å². The zero-order chi connectivity index (χ0) is 29.5. The van der Waals surface area contributed by atoms with E-state index in [-0.39, 0.29) is 0 Å². The van der Waals surface area contributed by atoms with Crippen molar-refractivity contribution in [3.63, 3.8) is 0 Å². The molecule has 0 fully saturated rings. The summed E-state index contributed by atoms with van der Waals surface area (Å²) in [5.74, 6) is 0. The van der Waals surface area contributed by atoms with Crippen molar-refractivity contribution in [2.24, 2.45) is 0 Å². The Bertz CT molecular complexity index is 2760. The minimum absolute atomic E-state index is 1.23. The Balaban J connectivity index is 1.14. The summed E-state index contributed by atoms with van der Waals surface area (Å²) in [5.41, 5.74) is 5.03. The standard InChI is InChI=1S/C44H26S/c1-2-12-33-31(10-1)32-11-3-4-15-36(32)41-26-29(24-25-37(33)41)27-20-22-28(23-21-27)30-18-9-19-40-42-38-16-7-5-13-34(38)35-14-6-8-17-39(35)44(42)45-43(30)40/h1-26H. The van der Waals surface area contributed by atoms with Crippen molar-refractivity contribution in [2.75, 3.05) is 0 Å². The fourth-order valence-electron chi connectivity index (χ4n) is 7.59. The van der Waals surface area contributed by atoms with E-state index < -0.39 is 0 Å². The van der Waals surface area contributed by atoms with Gasteiger partial charge in [0.2, 0.25) is 0 Å². The molecule has 0 saturated carbocycles. The normalized spacial score (nSPS) is 12.0. The lowest BCUT2D eigenvalue weighted by Gasteiger charge is -2.12. The third-order valence-corrected chi connectivity index (χ3v) is 10.9. The first-order valence-electron chi connectivity index (χ1n) is 15.5. The maximum absolute atomic E-state index is 2.38. The van der Waals surface area contributed by atoms with Crippen LogP contribution in [0.2, 0.25) is 0 Å². The molecule has 1 heterocycles. The summed E-state index contributed by atoms with van der Waals surface area (Å²) in [7, 11) is 0. The summed E-state index contributed by atoms with van der Waals surface area (Å²) in [6.07, 6.45) is 0. The average molecular weight is 587 g/mol. The van der Waals surface area contributed by atoms with Crippen molar-refractivity contribution in [1.82, 2.24) is 0 Å². The largest absolute Gasteiger partial charge is 0.134 e. The zero-order valence-corrected chi connectivity index (χ0v) is 25.2. The van der Waals surface area contributed by atoms with Gasteiger partial charge < -0.3 is 0 Å². The van der Waals surface area contributed by atoms with E-state index in [1.54, 1.807) is 0 Å². The molecule has 10 rings (SSSR count). The second kappa shape index (κ2) is 9.50. The second-order valence-electron chi connectivity index (χ2n) is 12.0. The maximum Gasteiger partial charge on any atom is 0.0440 e. The first-order valence-corrected chi connectivity index (χ1v) is 16.3. The summed E-state index contributed by atoms with van der Waals surface area (Å²) in [6.45, 7) is 0.